The molecule has 0 bridgehead atoms. The molecule has 0 saturated heterocycles. The molecule has 3 heteroatoms. The van der Waals surface area contributed by atoms with Crippen LogP contribution in [0, 0.1) is 6.92 Å². The molecule has 0 fully saturated rings. The van der Waals surface area contributed by atoms with E-state index in [1.807, 2.05) is 13.1 Å². The van der Waals surface area contributed by atoms with Gasteiger partial charge in [-0.15, -0.1) is 0 Å². The van der Waals surface area contributed by atoms with Crippen LogP contribution >= 0.6 is 0 Å². The Hall–Kier alpha value is -2.68. The normalized spacial score (nSPS) is 13.2. The fourth-order valence-electron chi connectivity index (χ4n) is 3.07. The molecule has 0 N–H and O–H groups in total. The summed E-state index contributed by atoms with van der Waals surface area (Å²) in [6, 6.07) is 17.2. The van der Waals surface area contributed by atoms with E-state index in [0.717, 1.165) is 24.6 Å². The quantitative estimate of drug-likeness (QED) is 0.678. The van der Waals surface area contributed by atoms with Crippen molar-refractivity contribution >= 4 is 5.82 Å². The SMILES string of the molecule is Cc1cncc(N2Cc3ccccc3-c3ccccc3C2)n1. The summed E-state index contributed by atoms with van der Waals surface area (Å²) >= 11 is 0. The minimum absolute atomic E-state index is 0.850. The minimum Gasteiger partial charge on any atom is -0.347 e. The van der Waals surface area contributed by atoms with Gasteiger partial charge in [0.2, 0.25) is 0 Å². The highest BCUT2D eigenvalue weighted by molar-refractivity contribution is 5.73. The number of nitrogens with zero attached hydrogens (tertiary/aromatic N) is 3. The van der Waals surface area contributed by atoms with Crippen LogP contribution in [0.15, 0.2) is 60.9 Å². The Morgan fingerprint density at radius 3 is 2.00 bits per heavy atom. The van der Waals surface area contributed by atoms with Crippen molar-refractivity contribution < 1.29 is 0 Å². The lowest BCUT2D eigenvalue weighted by Crippen LogP contribution is -2.22. The van der Waals surface area contributed by atoms with Gasteiger partial charge in [0.15, 0.2) is 0 Å². The predicted molar refractivity (Wildman–Crippen MR) is 88.5 cm³/mol. The molecule has 1 aliphatic rings. The number of hydrogen-bond donors (Lipinski definition) is 0. The summed E-state index contributed by atoms with van der Waals surface area (Å²) in [4.78, 5) is 11.2. The van der Waals surface area contributed by atoms with Gasteiger partial charge in [-0.2, -0.15) is 0 Å². The number of rotatable bonds is 1. The molecular formula is C19H17N3. The lowest BCUT2D eigenvalue weighted by molar-refractivity contribution is 0.786. The molecule has 3 nitrogen and oxygen atoms in total. The second kappa shape index (κ2) is 5.26. The summed E-state index contributed by atoms with van der Waals surface area (Å²) in [5.41, 5.74) is 6.25. The smallest absolute Gasteiger partial charge is 0.147 e. The fourth-order valence-corrected chi connectivity index (χ4v) is 3.07. The maximum atomic E-state index is 4.65. The summed E-state index contributed by atoms with van der Waals surface area (Å²) < 4.78 is 0. The Morgan fingerprint density at radius 2 is 1.41 bits per heavy atom. The van der Waals surface area contributed by atoms with Crippen LogP contribution in [0.3, 0.4) is 0 Å². The molecule has 0 spiro atoms. The maximum absolute atomic E-state index is 4.65. The van der Waals surface area contributed by atoms with Crippen LogP contribution < -0.4 is 4.90 Å². The lowest BCUT2D eigenvalue weighted by Gasteiger charge is -2.22. The van der Waals surface area contributed by atoms with Crippen LogP contribution in [0.4, 0.5) is 5.82 Å². The zero-order chi connectivity index (χ0) is 14.9. The number of aryl methyl sites for hydroxylation is 1. The molecule has 3 aromatic rings. The van der Waals surface area contributed by atoms with Crippen molar-refractivity contribution in [3.8, 4) is 11.1 Å². The van der Waals surface area contributed by atoms with E-state index in [1.165, 1.54) is 22.3 Å². The monoisotopic (exact) mass is 287 g/mol. The topological polar surface area (TPSA) is 29.0 Å². The highest BCUT2D eigenvalue weighted by atomic mass is 15.2. The molecule has 0 amide bonds. The predicted octanol–water partition coefficient (Wildman–Crippen LogP) is 3.97. The van der Waals surface area contributed by atoms with E-state index in [1.54, 1.807) is 6.20 Å². The van der Waals surface area contributed by atoms with Crippen molar-refractivity contribution in [2.75, 3.05) is 4.90 Å². The molecule has 0 radical (unpaired) electrons. The van der Waals surface area contributed by atoms with E-state index in [4.69, 9.17) is 0 Å². The van der Waals surface area contributed by atoms with Crippen molar-refractivity contribution in [1.82, 2.24) is 9.97 Å². The van der Waals surface area contributed by atoms with Gasteiger partial charge in [0.25, 0.3) is 0 Å². The van der Waals surface area contributed by atoms with E-state index in [2.05, 4.69) is 63.4 Å². The highest BCUT2D eigenvalue weighted by Crippen LogP contribution is 2.33. The molecule has 108 valence electrons. The number of hydrogen-bond acceptors (Lipinski definition) is 3. The standard InChI is InChI=1S/C19H17N3/c1-14-10-20-11-19(21-14)22-12-15-6-2-4-8-17(15)18-9-5-3-7-16(18)13-22/h2-11H,12-13H2,1H3. The van der Waals surface area contributed by atoms with Crippen molar-refractivity contribution in [2.24, 2.45) is 0 Å². The van der Waals surface area contributed by atoms with Crippen molar-refractivity contribution in [3.63, 3.8) is 0 Å². The average Bonchev–Trinajstić information content (AvgIpc) is 2.72. The van der Waals surface area contributed by atoms with Gasteiger partial charge in [-0.3, -0.25) is 4.98 Å². The first-order chi connectivity index (χ1) is 10.8. The van der Waals surface area contributed by atoms with Gasteiger partial charge in [-0.25, -0.2) is 4.98 Å². The fraction of sp³-hybridized carbons (Fsp3) is 0.158. The number of benzene rings is 2. The molecule has 0 unspecified atom stereocenters. The minimum atomic E-state index is 0.850. The maximum Gasteiger partial charge on any atom is 0.147 e. The number of anilines is 1. The van der Waals surface area contributed by atoms with Gasteiger partial charge < -0.3 is 4.90 Å². The third-order valence-corrected chi connectivity index (χ3v) is 4.11. The number of fused-ring (bicyclic) bond motifs is 3. The summed E-state index contributed by atoms with van der Waals surface area (Å²) in [6.07, 6.45) is 3.65. The second-order valence-electron chi connectivity index (χ2n) is 5.69. The van der Waals surface area contributed by atoms with Crippen molar-refractivity contribution in [1.29, 1.82) is 0 Å². The number of aromatic nitrogens is 2. The molecule has 1 aromatic heterocycles. The summed E-state index contributed by atoms with van der Waals surface area (Å²) in [5, 5.41) is 0. The second-order valence-corrected chi connectivity index (χ2v) is 5.69. The highest BCUT2D eigenvalue weighted by Gasteiger charge is 2.19. The molecule has 4 rings (SSSR count). The molecular weight excluding hydrogens is 270 g/mol. The van der Waals surface area contributed by atoms with Crippen LogP contribution in [0.5, 0.6) is 0 Å². The van der Waals surface area contributed by atoms with E-state index in [9.17, 15) is 0 Å². The summed E-state index contributed by atoms with van der Waals surface area (Å²) in [5.74, 6) is 0.937. The molecule has 0 aliphatic carbocycles. The zero-order valence-electron chi connectivity index (χ0n) is 12.5. The van der Waals surface area contributed by atoms with Crippen LogP contribution in [-0.4, -0.2) is 9.97 Å². The van der Waals surface area contributed by atoms with Gasteiger partial charge in [-0.05, 0) is 29.2 Å². The van der Waals surface area contributed by atoms with Crippen LogP contribution in [0.25, 0.3) is 11.1 Å². The molecule has 2 aromatic carbocycles. The Balaban J connectivity index is 1.86. The van der Waals surface area contributed by atoms with E-state index < -0.39 is 0 Å². The van der Waals surface area contributed by atoms with Crippen molar-refractivity contribution in [3.05, 3.63) is 77.7 Å². The summed E-state index contributed by atoms with van der Waals surface area (Å²) in [7, 11) is 0. The lowest BCUT2D eigenvalue weighted by atomic mass is 9.97. The zero-order valence-corrected chi connectivity index (χ0v) is 12.5. The third kappa shape index (κ3) is 2.25. The van der Waals surface area contributed by atoms with Crippen LogP contribution in [0.1, 0.15) is 16.8 Å². The third-order valence-electron chi connectivity index (χ3n) is 4.11. The Bertz CT molecular complexity index is 779. The van der Waals surface area contributed by atoms with Gasteiger partial charge in [0.05, 0.1) is 11.9 Å². The van der Waals surface area contributed by atoms with Gasteiger partial charge in [0.1, 0.15) is 5.82 Å². The Labute approximate surface area is 130 Å². The molecule has 2 heterocycles. The first-order valence-electron chi connectivity index (χ1n) is 7.51. The van der Waals surface area contributed by atoms with Crippen molar-refractivity contribution in [2.45, 2.75) is 20.0 Å². The van der Waals surface area contributed by atoms with E-state index >= 15 is 0 Å². The molecule has 1 aliphatic heterocycles. The first kappa shape index (κ1) is 13.0. The average molecular weight is 287 g/mol. The summed E-state index contributed by atoms with van der Waals surface area (Å²) in [6.45, 7) is 3.68. The first-order valence-corrected chi connectivity index (χ1v) is 7.51. The van der Waals surface area contributed by atoms with Crippen LogP contribution in [-0.2, 0) is 13.1 Å². The van der Waals surface area contributed by atoms with Gasteiger partial charge >= 0.3 is 0 Å². The Kier molecular flexibility index (Phi) is 3.11. The van der Waals surface area contributed by atoms with E-state index in [-0.39, 0.29) is 0 Å². The van der Waals surface area contributed by atoms with E-state index in [0.29, 0.717) is 0 Å². The van der Waals surface area contributed by atoms with Gasteiger partial charge in [-0.1, -0.05) is 48.5 Å². The molecule has 22 heavy (non-hydrogen) atoms. The Morgan fingerprint density at radius 1 is 0.818 bits per heavy atom. The molecule has 0 saturated carbocycles. The largest absolute Gasteiger partial charge is 0.347 e. The van der Waals surface area contributed by atoms with Gasteiger partial charge in [0, 0.05) is 19.3 Å². The van der Waals surface area contributed by atoms with Crippen LogP contribution in [0.2, 0.25) is 0 Å². The molecule has 0 atom stereocenters.